The minimum Gasteiger partial charge on any atom is -0.472 e. The Kier molecular flexibility index (Phi) is 5.21. The van der Waals surface area contributed by atoms with Crippen molar-refractivity contribution < 1.29 is 42.9 Å². The number of furan rings is 1. The fraction of sp³-hybridized carbons (Fsp3) is 0.655. The Labute approximate surface area is 220 Å². The standard InChI is InChI=1S/C29H34O9/c1-14(30)37-25-23(33)22-21-16(28(4)18(11-19(31)35-5)27(25,3)13-29(22,28)34)6-8-26(2)17(21)10-20(32)38-24(26)15-7-9-36-12-15/h7,9,12,16,18,22,24-25,34H,6,8,10-11,13H2,1-5H3. The summed E-state index contributed by atoms with van der Waals surface area (Å²) in [6, 6.07) is 1.78. The van der Waals surface area contributed by atoms with Crippen LogP contribution >= 0.6 is 0 Å². The first-order valence-corrected chi connectivity index (χ1v) is 13.3. The predicted molar refractivity (Wildman–Crippen MR) is 130 cm³/mol. The van der Waals surface area contributed by atoms with Crippen LogP contribution in [0.1, 0.15) is 71.5 Å². The zero-order chi connectivity index (χ0) is 27.4. The monoisotopic (exact) mass is 526 g/mol. The van der Waals surface area contributed by atoms with Gasteiger partial charge in [0.1, 0.15) is 6.10 Å². The van der Waals surface area contributed by atoms with Crippen LogP contribution in [0.4, 0.5) is 0 Å². The Balaban J connectivity index is 1.59. The Morgan fingerprint density at radius 2 is 1.95 bits per heavy atom. The Morgan fingerprint density at radius 1 is 1.21 bits per heavy atom. The van der Waals surface area contributed by atoms with Crippen molar-refractivity contribution in [3.8, 4) is 0 Å². The van der Waals surface area contributed by atoms with Crippen LogP contribution in [0.25, 0.3) is 0 Å². The number of ether oxygens (including phenoxy) is 3. The molecule has 1 aromatic rings. The second-order valence-electron chi connectivity index (χ2n) is 12.6. The fourth-order valence-electron chi connectivity index (χ4n) is 9.48. The number of carbonyl (C=O) groups is 4. The van der Waals surface area contributed by atoms with Crippen LogP contribution in [-0.4, -0.2) is 47.6 Å². The molecule has 1 N–H and O–H groups in total. The summed E-state index contributed by atoms with van der Waals surface area (Å²) < 4.78 is 21.9. The van der Waals surface area contributed by atoms with Crippen LogP contribution < -0.4 is 0 Å². The molecule has 2 bridgehead atoms. The molecule has 9 unspecified atom stereocenters. The third kappa shape index (κ3) is 2.86. The van der Waals surface area contributed by atoms with Gasteiger partial charge in [-0.2, -0.15) is 0 Å². The summed E-state index contributed by atoms with van der Waals surface area (Å²) in [6.45, 7) is 7.12. The maximum absolute atomic E-state index is 14.3. The zero-order valence-corrected chi connectivity index (χ0v) is 22.4. The first kappa shape index (κ1) is 25.3. The highest BCUT2D eigenvalue weighted by Gasteiger charge is 2.83. The van der Waals surface area contributed by atoms with Crippen LogP contribution in [0, 0.1) is 34.0 Å². The van der Waals surface area contributed by atoms with E-state index in [4.69, 9.17) is 18.6 Å². The maximum atomic E-state index is 14.3. The van der Waals surface area contributed by atoms with E-state index < -0.39 is 63.8 Å². The van der Waals surface area contributed by atoms with Gasteiger partial charge >= 0.3 is 17.9 Å². The quantitative estimate of drug-likeness (QED) is 0.356. The van der Waals surface area contributed by atoms with Gasteiger partial charge in [0.2, 0.25) is 0 Å². The maximum Gasteiger partial charge on any atom is 0.310 e. The van der Waals surface area contributed by atoms with Crippen molar-refractivity contribution in [2.75, 3.05) is 7.11 Å². The van der Waals surface area contributed by atoms with E-state index in [9.17, 15) is 24.3 Å². The second kappa shape index (κ2) is 7.81. The Hall–Kier alpha value is -2.94. The Bertz CT molecular complexity index is 1280. The molecule has 5 aliphatic rings. The second-order valence-corrected chi connectivity index (χ2v) is 12.6. The molecule has 4 aliphatic carbocycles. The minimum atomic E-state index is -1.46. The largest absolute Gasteiger partial charge is 0.472 e. The molecule has 9 heteroatoms. The molecule has 1 saturated heterocycles. The highest BCUT2D eigenvalue weighted by molar-refractivity contribution is 5.95. The van der Waals surface area contributed by atoms with Crippen molar-refractivity contribution in [1.82, 2.24) is 0 Å². The van der Waals surface area contributed by atoms with Gasteiger partial charge in [0.15, 0.2) is 11.9 Å². The van der Waals surface area contributed by atoms with Crippen LogP contribution in [-0.2, 0) is 33.4 Å². The van der Waals surface area contributed by atoms with E-state index >= 15 is 0 Å². The molecule has 4 fully saturated rings. The number of aliphatic hydroxyl groups is 1. The summed E-state index contributed by atoms with van der Waals surface area (Å²) in [5.74, 6) is -3.45. The van der Waals surface area contributed by atoms with Gasteiger partial charge in [-0.3, -0.25) is 19.2 Å². The van der Waals surface area contributed by atoms with E-state index in [1.54, 1.807) is 12.3 Å². The number of fused-ring (bicyclic) bond motifs is 5. The highest BCUT2D eigenvalue weighted by atomic mass is 16.6. The molecule has 3 saturated carbocycles. The van der Waals surface area contributed by atoms with E-state index in [2.05, 4.69) is 0 Å². The Morgan fingerprint density at radius 3 is 2.58 bits per heavy atom. The van der Waals surface area contributed by atoms with Crippen molar-refractivity contribution in [3.05, 3.63) is 35.3 Å². The summed E-state index contributed by atoms with van der Waals surface area (Å²) in [6.07, 6.45) is 2.92. The van der Waals surface area contributed by atoms with E-state index in [0.29, 0.717) is 12.8 Å². The topological polar surface area (TPSA) is 129 Å². The molecule has 2 heterocycles. The minimum absolute atomic E-state index is 0.0142. The molecular weight excluding hydrogens is 492 g/mol. The summed E-state index contributed by atoms with van der Waals surface area (Å²) >= 11 is 0. The molecule has 0 amide bonds. The van der Waals surface area contributed by atoms with Crippen molar-refractivity contribution in [2.45, 2.75) is 77.6 Å². The smallest absolute Gasteiger partial charge is 0.310 e. The number of hydrogen-bond acceptors (Lipinski definition) is 9. The SMILES string of the molecule is COC(=O)CC1C2(C)CC3(O)C(C(=O)C2OC(C)=O)C2=C4CC(=O)OC(c5ccoc5)C4(C)CCC2C13C. The number of rotatable bonds is 4. The zero-order valence-electron chi connectivity index (χ0n) is 22.4. The molecule has 0 radical (unpaired) electrons. The number of Topliss-reactive ketones (excluding diaryl/α,β-unsaturated/α-hetero) is 1. The highest BCUT2D eigenvalue weighted by Crippen LogP contribution is 2.79. The average Bonchev–Trinajstić information content (AvgIpc) is 3.48. The van der Waals surface area contributed by atoms with Gasteiger partial charge in [0.05, 0.1) is 37.6 Å². The van der Waals surface area contributed by atoms with E-state index in [-0.39, 0.29) is 31.0 Å². The number of cyclic esters (lactones) is 1. The van der Waals surface area contributed by atoms with Gasteiger partial charge in [-0.1, -0.05) is 26.3 Å². The summed E-state index contributed by atoms with van der Waals surface area (Å²) in [5.41, 5.74) is -1.55. The molecular formula is C29H34O9. The number of hydrogen-bond donors (Lipinski definition) is 1. The fourth-order valence-corrected chi connectivity index (χ4v) is 9.48. The van der Waals surface area contributed by atoms with E-state index in [0.717, 1.165) is 16.7 Å². The molecule has 6 rings (SSSR count). The molecule has 38 heavy (non-hydrogen) atoms. The lowest BCUT2D eigenvalue weighted by Crippen LogP contribution is -2.56. The third-order valence-electron chi connectivity index (χ3n) is 11.0. The van der Waals surface area contributed by atoms with E-state index in [1.165, 1.54) is 20.3 Å². The predicted octanol–water partition coefficient (Wildman–Crippen LogP) is 3.45. The number of esters is 3. The van der Waals surface area contributed by atoms with Crippen molar-refractivity contribution in [1.29, 1.82) is 0 Å². The summed E-state index contributed by atoms with van der Waals surface area (Å²) in [7, 11) is 1.32. The molecule has 9 nitrogen and oxygen atoms in total. The lowest BCUT2D eigenvalue weighted by Gasteiger charge is -2.52. The molecule has 1 aromatic heterocycles. The average molecular weight is 527 g/mol. The van der Waals surface area contributed by atoms with Gasteiger partial charge in [-0.15, -0.1) is 0 Å². The molecule has 0 spiro atoms. The van der Waals surface area contributed by atoms with Crippen LogP contribution in [0.5, 0.6) is 0 Å². The van der Waals surface area contributed by atoms with Gasteiger partial charge < -0.3 is 23.7 Å². The van der Waals surface area contributed by atoms with Crippen LogP contribution in [0.15, 0.2) is 34.2 Å². The first-order chi connectivity index (χ1) is 17.8. The van der Waals surface area contributed by atoms with Crippen LogP contribution in [0.3, 0.4) is 0 Å². The van der Waals surface area contributed by atoms with Gasteiger partial charge in [0.25, 0.3) is 0 Å². The van der Waals surface area contributed by atoms with Gasteiger partial charge in [-0.05, 0) is 42.7 Å². The van der Waals surface area contributed by atoms with Crippen molar-refractivity contribution in [3.63, 3.8) is 0 Å². The van der Waals surface area contributed by atoms with Crippen molar-refractivity contribution in [2.24, 2.45) is 34.0 Å². The number of carbonyl (C=O) groups excluding carboxylic acids is 4. The van der Waals surface area contributed by atoms with Gasteiger partial charge in [-0.25, -0.2) is 0 Å². The molecule has 9 atom stereocenters. The number of ketones is 1. The molecule has 204 valence electrons. The lowest BCUT2D eigenvalue weighted by molar-refractivity contribution is -0.174. The molecule has 0 aromatic carbocycles. The number of methoxy groups -OCH3 is 1. The lowest BCUT2D eigenvalue weighted by atomic mass is 9.54. The normalized spacial score (nSPS) is 44.8. The summed E-state index contributed by atoms with van der Waals surface area (Å²) in [5, 5.41) is 12.6. The van der Waals surface area contributed by atoms with Gasteiger partial charge in [0, 0.05) is 35.2 Å². The third-order valence-corrected chi connectivity index (χ3v) is 11.0. The summed E-state index contributed by atoms with van der Waals surface area (Å²) in [4.78, 5) is 52.2. The first-order valence-electron chi connectivity index (χ1n) is 13.3. The van der Waals surface area contributed by atoms with Crippen LogP contribution in [0.2, 0.25) is 0 Å². The molecule has 1 aliphatic heterocycles. The van der Waals surface area contributed by atoms with Crippen molar-refractivity contribution >= 4 is 23.7 Å². The van der Waals surface area contributed by atoms with E-state index in [1.807, 2.05) is 20.8 Å².